The molecule has 1 rings (SSSR count). The van der Waals surface area contributed by atoms with Gasteiger partial charge in [-0.2, -0.15) is 0 Å². The van der Waals surface area contributed by atoms with E-state index >= 15 is 0 Å². The summed E-state index contributed by atoms with van der Waals surface area (Å²) in [5, 5.41) is 2.71. The lowest BCUT2D eigenvalue weighted by molar-refractivity contribution is -0.121. The molecule has 8 heteroatoms. The highest BCUT2D eigenvalue weighted by Crippen LogP contribution is 2.16. The number of rotatable bonds is 7. The average molecular weight is 317 g/mol. The molecule has 0 radical (unpaired) electrons. The number of nitrogens with one attached hydrogen (secondary N) is 2. The Hall–Kier alpha value is -1.67. The molecule has 0 aliphatic heterocycles. The molecule has 0 aromatic heterocycles. The first-order chi connectivity index (χ1) is 9.76. The molecule has 0 spiro atoms. The van der Waals surface area contributed by atoms with E-state index in [2.05, 4.69) is 10.0 Å². The van der Waals surface area contributed by atoms with Crippen molar-refractivity contribution in [2.24, 2.45) is 0 Å². The number of hydrogen-bond donors (Lipinski definition) is 3. The fraction of sp³-hybridized carbons (Fsp3) is 0.462. The van der Waals surface area contributed by atoms with Crippen LogP contribution in [0.5, 0.6) is 0 Å². The summed E-state index contributed by atoms with van der Waals surface area (Å²) >= 11 is 0. The molecule has 6 nitrogen and oxygen atoms in total. The lowest BCUT2D eigenvalue weighted by atomic mass is 10.2. The van der Waals surface area contributed by atoms with Crippen LogP contribution in [0.25, 0.3) is 0 Å². The highest BCUT2D eigenvalue weighted by Gasteiger charge is 2.19. The van der Waals surface area contributed by atoms with Gasteiger partial charge in [0.05, 0.1) is 0 Å². The van der Waals surface area contributed by atoms with Crippen molar-refractivity contribution in [3.8, 4) is 0 Å². The smallest absolute Gasteiger partial charge is 0.243 e. The van der Waals surface area contributed by atoms with Crippen molar-refractivity contribution >= 4 is 21.6 Å². The molecule has 1 aromatic carbocycles. The van der Waals surface area contributed by atoms with Gasteiger partial charge in [-0.25, -0.2) is 17.5 Å². The van der Waals surface area contributed by atoms with Crippen LogP contribution in [-0.2, 0) is 14.8 Å². The maximum absolute atomic E-state index is 13.6. The quantitative estimate of drug-likeness (QED) is 0.653. The van der Waals surface area contributed by atoms with E-state index in [1.54, 1.807) is 0 Å². The first-order valence-electron chi connectivity index (χ1n) is 6.60. The normalized spacial score (nSPS) is 12.9. The molecule has 1 unspecified atom stereocenters. The van der Waals surface area contributed by atoms with Crippen molar-refractivity contribution in [3.05, 3.63) is 24.0 Å². The molecule has 1 atom stereocenters. The third-order valence-electron chi connectivity index (χ3n) is 2.91. The monoisotopic (exact) mass is 317 g/mol. The molecule has 0 aliphatic rings. The van der Waals surface area contributed by atoms with Gasteiger partial charge in [0.15, 0.2) is 0 Å². The van der Waals surface area contributed by atoms with Crippen LogP contribution in [-0.4, -0.2) is 26.9 Å². The molecule has 0 saturated heterocycles. The van der Waals surface area contributed by atoms with Crippen molar-refractivity contribution in [2.45, 2.75) is 37.6 Å². The first-order valence-corrected chi connectivity index (χ1v) is 8.08. The minimum absolute atomic E-state index is 0.0137. The molecule has 0 heterocycles. The van der Waals surface area contributed by atoms with E-state index < -0.39 is 20.7 Å². The largest absolute Gasteiger partial charge is 0.399 e. The topological polar surface area (TPSA) is 101 Å². The summed E-state index contributed by atoms with van der Waals surface area (Å²) in [6.07, 6.45) is 0.772. The molecule has 0 saturated carbocycles. The van der Waals surface area contributed by atoms with Crippen LogP contribution in [0, 0.1) is 5.82 Å². The van der Waals surface area contributed by atoms with Crippen LogP contribution < -0.4 is 15.8 Å². The summed E-state index contributed by atoms with van der Waals surface area (Å²) in [6, 6.07) is 3.35. The molecule has 0 bridgehead atoms. The predicted molar refractivity (Wildman–Crippen MR) is 78.5 cm³/mol. The van der Waals surface area contributed by atoms with Gasteiger partial charge in [0.2, 0.25) is 15.9 Å². The summed E-state index contributed by atoms with van der Waals surface area (Å²) in [6.45, 7) is 3.68. The zero-order valence-electron chi connectivity index (χ0n) is 12.0. The van der Waals surface area contributed by atoms with Crippen molar-refractivity contribution in [1.82, 2.24) is 10.0 Å². The van der Waals surface area contributed by atoms with Crippen LogP contribution in [0.2, 0.25) is 0 Å². The number of carbonyl (C=O) groups is 1. The zero-order chi connectivity index (χ0) is 16.0. The number of benzene rings is 1. The average Bonchev–Trinajstić information content (AvgIpc) is 2.37. The Morgan fingerprint density at radius 2 is 2.10 bits per heavy atom. The highest BCUT2D eigenvalue weighted by molar-refractivity contribution is 7.89. The van der Waals surface area contributed by atoms with Crippen LogP contribution in [0.15, 0.2) is 23.1 Å². The van der Waals surface area contributed by atoms with E-state index in [4.69, 9.17) is 5.73 Å². The standard InChI is InChI=1S/C13H20FN3O3S/c1-3-9(2)17-13(18)6-7-16-21(19,20)12-5-4-10(15)8-11(12)14/h4-5,8-9,16H,3,6-7,15H2,1-2H3,(H,17,18). The summed E-state index contributed by atoms with van der Waals surface area (Å²) in [4.78, 5) is 11.0. The Bertz CT molecular complexity index is 605. The molecule has 1 aromatic rings. The molecular weight excluding hydrogens is 297 g/mol. The van der Waals surface area contributed by atoms with Gasteiger partial charge in [-0.1, -0.05) is 6.92 Å². The molecule has 118 valence electrons. The van der Waals surface area contributed by atoms with Gasteiger partial charge < -0.3 is 11.1 Å². The SMILES string of the molecule is CCC(C)NC(=O)CCNS(=O)(=O)c1ccc(N)cc1F. The van der Waals surface area contributed by atoms with Gasteiger partial charge in [-0.05, 0) is 31.5 Å². The van der Waals surface area contributed by atoms with E-state index in [-0.39, 0.29) is 30.6 Å². The molecule has 4 N–H and O–H groups in total. The van der Waals surface area contributed by atoms with E-state index in [1.807, 2.05) is 13.8 Å². The van der Waals surface area contributed by atoms with Gasteiger partial charge >= 0.3 is 0 Å². The van der Waals surface area contributed by atoms with Gasteiger partial charge in [0, 0.05) is 24.7 Å². The van der Waals surface area contributed by atoms with Crippen LogP contribution in [0.1, 0.15) is 26.7 Å². The van der Waals surface area contributed by atoms with Crippen molar-refractivity contribution in [1.29, 1.82) is 0 Å². The van der Waals surface area contributed by atoms with Crippen molar-refractivity contribution in [2.75, 3.05) is 12.3 Å². The fourth-order valence-electron chi connectivity index (χ4n) is 1.56. The number of halogens is 1. The summed E-state index contributed by atoms with van der Waals surface area (Å²) < 4.78 is 39.6. The first kappa shape index (κ1) is 17.4. The Morgan fingerprint density at radius 1 is 1.43 bits per heavy atom. The van der Waals surface area contributed by atoms with Crippen LogP contribution in [0.3, 0.4) is 0 Å². The second kappa shape index (κ2) is 7.37. The Balaban J connectivity index is 2.60. The summed E-state index contributed by atoms with van der Waals surface area (Å²) in [5.41, 5.74) is 5.50. The third-order valence-corrected chi connectivity index (χ3v) is 4.40. The maximum Gasteiger partial charge on any atom is 0.243 e. The number of nitrogen functional groups attached to an aromatic ring is 1. The predicted octanol–water partition coefficient (Wildman–Crippen LogP) is 0.991. The van der Waals surface area contributed by atoms with Gasteiger partial charge in [0.25, 0.3) is 0 Å². The maximum atomic E-state index is 13.6. The van der Waals surface area contributed by atoms with Gasteiger partial charge in [0.1, 0.15) is 10.7 Å². The minimum Gasteiger partial charge on any atom is -0.399 e. The fourth-order valence-corrected chi connectivity index (χ4v) is 2.65. The summed E-state index contributed by atoms with van der Waals surface area (Å²) in [7, 11) is -4.00. The summed E-state index contributed by atoms with van der Waals surface area (Å²) in [5.74, 6) is -1.18. The Kier molecular flexibility index (Phi) is 6.10. The van der Waals surface area contributed by atoms with E-state index in [1.165, 1.54) is 6.07 Å². The Labute approximate surface area is 124 Å². The van der Waals surface area contributed by atoms with Crippen molar-refractivity contribution in [3.63, 3.8) is 0 Å². The number of amides is 1. The number of anilines is 1. The molecular formula is C13H20FN3O3S. The van der Waals surface area contributed by atoms with Gasteiger partial charge in [-0.3, -0.25) is 4.79 Å². The second-order valence-corrected chi connectivity index (χ2v) is 6.45. The van der Waals surface area contributed by atoms with E-state index in [0.29, 0.717) is 0 Å². The highest BCUT2D eigenvalue weighted by atomic mass is 32.2. The van der Waals surface area contributed by atoms with E-state index in [9.17, 15) is 17.6 Å². The molecule has 1 amide bonds. The lowest BCUT2D eigenvalue weighted by Crippen LogP contribution is -2.35. The number of sulfonamides is 1. The molecule has 0 fully saturated rings. The van der Waals surface area contributed by atoms with Gasteiger partial charge in [-0.15, -0.1) is 0 Å². The molecule has 0 aliphatic carbocycles. The number of nitrogens with two attached hydrogens (primary N) is 1. The van der Waals surface area contributed by atoms with Crippen LogP contribution >= 0.6 is 0 Å². The lowest BCUT2D eigenvalue weighted by Gasteiger charge is -2.12. The molecule has 21 heavy (non-hydrogen) atoms. The second-order valence-electron chi connectivity index (χ2n) is 4.71. The van der Waals surface area contributed by atoms with Crippen molar-refractivity contribution < 1.29 is 17.6 Å². The Morgan fingerprint density at radius 3 is 2.67 bits per heavy atom. The van der Waals surface area contributed by atoms with E-state index in [0.717, 1.165) is 18.6 Å². The third kappa shape index (κ3) is 5.31. The minimum atomic E-state index is -4.00. The zero-order valence-corrected chi connectivity index (χ0v) is 12.8. The number of hydrogen-bond acceptors (Lipinski definition) is 4. The van der Waals surface area contributed by atoms with Crippen LogP contribution in [0.4, 0.5) is 10.1 Å². The number of carbonyl (C=O) groups excluding carboxylic acids is 1.